The minimum atomic E-state index is -0.519. The summed E-state index contributed by atoms with van der Waals surface area (Å²) in [6.07, 6.45) is 3.80. The van der Waals surface area contributed by atoms with Crippen LogP contribution in [0.2, 0.25) is 0 Å². The molecule has 0 unspecified atom stereocenters. The molecule has 0 aliphatic carbocycles. The van der Waals surface area contributed by atoms with E-state index < -0.39 is 4.92 Å². The van der Waals surface area contributed by atoms with Crippen LogP contribution in [0.5, 0.6) is 0 Å². The highest BCUT2D eigenvalue weighted by Crippen LogP contribution is 1.90. The Morgan fingerprint density at radius 2 is 2.40 bits per heavy atom. The summed E-state index contributed by atoms with van der Waals surface area (Å²) in [5, 5.41) is 10.1. The first-order chi connectivity index (χ1) is 4.72. The molecule has 54 valence electrons. The third kappa shape index (κ3) is 2.76. The molecule has 0 saturated carbocycles. The molecule has 0 N–H and O–H groups in total. The Kier molecular flexibility index (Phi) is 3.79. The van der Waals surface area contributed by atoms with Gasteiger partial charge < -0.3 is 0 Å². The maximum atomic E-state index is 10.1. The summed E-state index contributed by atoms with van der Waals surface area (Å²) < 4.78 is 0. The van der Waals surface area contributed by atoms with E-state index in [1.807, 2.05) is 0 Å². The van der Waals surface area contributed by atoms with E-state index in [9.17, 15) is 10.1 Å². The third-order valence-corrected chi connectivity index (χ3v) is 0.761. The second-order valence-electron chi connectivity index (χ2n) is 1.47. The number of aliphatic imine (C=N–C) groups is 1. The molecule has 0 saturated heterocycles. The first-order valence-electron chi connectivity index (χ1n) is 2.61. The van der Waals surface area contributed by atoms with E-state index in [0.717, 1.165) is 0 Å². The summed E-state index contributed by atoms with van der Waals surface area (Å²) >= 11 is 0. The zero-order chi connectivity index (χ0) is 7.98. The van der Waals surface area contributed by atoms with Crippen LogP contribution in [0.25, 0.3) is 0 Å². The van der Waals surface area contributed by atoms with Gasteiger partial charge in [-0.1, -0.05) is 12.7 Å². The Balaban J connectivity index is 4.41. The Morgan fingerprint density at radius 3 is 2.70 bits per heavy atom. The lowest BCUT2D eigenvalue weighted by atomic mass is 10.4. The smallest absolute Gasteiger partial charge is 0.287 e. The van der Waals surface area contributed by atoms with Gasteiger partial charge in [0, 0.05) is 13.1 Å². The van der Waals surface area contributed by atoms with Crippen molar-refractivity contribution in [1.82, 2.24) is 0 Å². The summed E-state index contributed by atoms with van der Waals surface area (Å²) in [7, 11) is 1.47. The monoisotopic (exact) mass is 140 g/mol. The second-order valence-corrected chi connectivity index (χ2v) is 1.47. The fourth-order valence-electron chi connectivity index (χ4n) is 0.404. The van der Waals surface area contributed by atoms with Gasteiger partial charge in [0.15, 0.2) is 0 Å². The van der Waals surface area contributed by atoms with Crippen molar-refractivity contribution in [3.05, 3.63) is 34.5 Å². The fraction of sp³-hybridized carbons (Fsp3) is 0.167. The first-order valence-corrected chi connectivity index (χ1v) is 2.61. The summed E-state index contributed by atoms with van der Waals surface area (Å²) in [6.45, 7) is 3.32. The number of hydrogen-bond donors (Lipinski definition) is 0. The molecule has 0 aromatic carbocycles. The van der Waals surface area contributed by atoms with Gasteiger partial charge in [0.1, 0.15) is 0 Å². The summed E-state index contributed by atoms with van der Waals surface area (Å²) in [5.74, 6) is 0. The zero-order valence-electron chi connectivity index (χ0n) is 5.65. The zero-order valence-corrected chi connectivity index (χ0v) is 5.65. The van der Waals surface area contributed by atoms with Crippen molar-refractivity contribution in [2.24, 2.45) is 4.99 Å². The summed E-state index contributed by atoms with van der Waals surface area (Å²) in [5.41, 5.74) is -0.0579. The van der Waals surface area contributed by atoms with Crippen LogP contribution in [0.1, 0.15) is 0 Å². The van der Waals surface area contributed by atoms with Gasteiger partial charge in [0.2, 0.25) is 0 Å². The minimum absolute atomic E-state index is 0.0579. The molecule has 0 spiro atoms. The lowest BCUT2D eigenvalue weighted by Crippen LogP contribution is -1.98. The molecule has 0 amide bonds. The number of rotatable bonds is 3. The first kappa shape index (κ1) is 8.55. The average Bonchev–Trinajstić information content (AvgIpc) is 1.87. The van der Waals surface area contributed by atoms with E-state index >= 15 is 0 Å². The van der Waals surface area contributed by atoms with Crippen LogP contribution >= 0.6 is 0 Å². The minimum Gasteiger partial charge on any atom is -0.289 e. The Labute approximate surface area is 58.7 Å². The van der Waals surface area contributed by atoms with Gasteiger partial charge >= 0.3 is 0 Å². The predicted molar refractivity (Wildman–Crippen MR) is 39.7 cm³/mol. The molecule has 4 heteroatoms. The van der Waals surface area contributed by atoms with Crippen LogP contribution in [-0.2, 0) is 0 Å². The van der Waals surface area contributed by atoms with Gasteiger partial charge in [-0.3, -0.25) is 15.1 Å². The fourth-order valence-corrected chi connectivity index (χ4v) is 0.404. The highest BCUT2D eigenvalue weighted by Gasteiger charge is 2.02. The average molecular weight is 140 g/mol. The van der Waals surface area contributed by atoms with Gasteiger partial charge in [-0.15, -0.1) is 0 Å². The van der Waals surface area contributed by atoms with E-state index in [1.54, 1.807) is 0 Å². The van der Waals surface area contributed by atoms with Gasteiger partial charge in [0.05, 0.1) is 11.1 Å². The van der Waals surface area contributed by atoms with E-state index in [0.29, 0.717) is 0 Å². The SMILES string of the molecule is C=C/C=C(\C=NC)[N+](=O)[O-]. The van der Waals surface area contributed by atoms with Crippen molar-refractivity contribution >= 4 is 6.21 Å². The molecular weight excluding hydrogens is 132 g/mol. The van der Waals surface area contributed by atoms with Crippen LogP contribution in [0.4, 0.5) is 0 Å². The standard InChI is InChI=1S/C6H8N2O2/c1-3-4-6(5-7-2)8(9)10/h3-5H,1H2,2H3/b6-4+,7-5?. The van der Waals surface area contributed by atoms with Gasteiger partial charge in [0.25, 0.3) is 5.70 Å². The lowest BCUT2D eigenvalue weighted by molar-refractivity contribution is -0.414. The van der Waals surface area contributed by atoms with Gasteiger partial charge in [-0.2, -0.15) is 0 Å². The summed E-state index contributed by atoms with van der Waals surface area (Å²) in [6, 6.07) is 0. The van der Waals surface area contributed by atoms with Crippen LogP contribution in [0, 0.1) is 10.1 Å². The molecule has 0 aliphatic rings. The molecule has 0 rings (SSSR count). The van der Waals surface area contributed by atoms with Crippen LogP contribution < -0.4 is 0 Å². The number of nitro groups is 1. The van der Waals surface area contributed by atoms with Crippen LogP contribution in [0.3, 0.4) is 0 Å². The van der Waals surface area contributed by atoms with Crippen molar-refractivity contribution in [1.29, 1.82) is 0 Å². The van der Waals surface area contributed by atoms with Crippen molar-refractivity contribution in [3.8, 4) is 0 Å². The Morgan fingerprint density at radius 1 is 1.80 bits per heavy atom. The van der Waals surface area contributed by atoms with Crippen molar-refractivity contribution in [2.75, 3.05) is 7.05 Å². The number of nitrogens with zero attached hydrogens (tertiary/aromatic N) is 2. The molecule has 0 aromatic rings. The van der Waals surface area contributed by atoms with Crippen molar-refractivity contribution in [2.45, 2.75) is 0 Å². The molecule has 0 radical (unpaired) electrons. The molecule has 4 nitrogen and oxygen atoms in total. The van der Waals surface area contributed by atoms with Gasteiger partial charge in [-0.25, -0.2) is 0 Å². The molecule has 0 heterocycles. The maximum Gasteiger partial charge on any atom is 0.287 e. The van der Waals surface area contributed by atoms with Crippen molar-refractivity contribution in [3.63, 3.8) is 0 Å². The van der Waals surface area contributed by atoms with E-state index in [-0.39, 0.29) is 5.70 Å². The molecule has 0 atom stereocenters. The Hall–Kier alpha value is -1.45. The lowest BCUT2D eigenvalue weighted by Gasteiger charge is -1.85. The second kappa shape index (κ2) is 4.43. The third-order valence-electron chi connectivity index (χ3n) is 0.761. The molecule has 10 heavy (non-hydrogen) atoms. The van der Waals surface area contributed by atoms with E-state index in [1.165, 1.54) is 25.4 Å². The largest absolute Gasteiger partial charge is 0.289 e. The highest BCUT2D eigenvalue weighted by molar-refractivity contribution is 5.75. The normalized spacial score (nSPS) is 11.9. The number of allylic oxidation sites excluding steroid dienone is 3. The topological polar surface area (TPSA) is 55.5 Å². The van der Waals surface area contributed by atoms with E-state index in [4.69, 9.17) is 0 Å². The van der Waals surface area contributed by atoms with Crippen LogP contribution in [0.15, 0.2) is 29.4 Å². The predicted octanol–water partition coefficient (Wildman–Crippen LogP) is 1.03. The molecule has 0 aliphatic heterocycles. The maximum absolute atomic E-state index is 10.1. The molecule has 0 aromatic heterocycles. The molecule has 0 bridgehead atoms. The van der Waals surface area contributed by atoms with E-state index in [2.05, 4.69) is 11.6 Å². The number of hydrogen-bond acceptors (Lipinski definition) is 3. The molecule has 0 fully saturated rings. The molecular formula is C6H8N2O2. The Bertz CT molecular complexity index is 194. The highest BCUT2D eigenvalue weighted by atomic mass is 16.6. The van der Waals surface area contributed by atoms with Crippen molar-refractivity contribution < 1.29 is 4.92 Å². The quantitative estimate of drug-likeness (QED) is 0.254. The van der Waals surface area contributed by atoms with Gasteiger partial charge in [-0.05, 0) is 0 Å². The summed E-state index contributed by atoms with van der Waals surface area (Å²) in [4.78, 5) is 13.1. The van der Waals surface area contributed by atoms with Crippen LogP contribution in [-0.4, -0.2) is 18.2 Å².